The summed E-state index contributed by atoms with van der Waals surface area (Å²) in [7, 11) is 0. The van der Waals surface area contributed by atoms with Crippen molar-refractivity contribution >= 4 is 0 Å². The van der Waals surface area contributed by atoms with E-state index in [0.29, 0.717) is 29.8 Å². The van der Waals surface area contributed by atoms with Crippen molar-refractivity contribution in [1.29, 1.82) is 0 Å². The maximum absolute atomic E-state index is 14.6. The molecule has 3 aromatic carbocycles. The van der Waals surface area contributed by atoms with Crippen LogP contribution in [0, 0.1) is 17.6 Å². The summed E-state index contributed by atoms with van der Waals surface area (Å²) in [6.07, 6.45) is 5.31. The zero-order valence-electron chi connectivity index (χ0n) is 18.9. The van der Waals surface area contributed by atoms with Gasteiger partial charge in [-0.1, -0.05) is 66.7 Å². The summed E-state index contributed by atoms with van der Waals surface area (Å²) < 4.78 is 35.4. The molecule has 33 heavy (non-hydrogen) atoms. The van der Waals surface area contributed by atoms with Crippen LogP contribution < -0.4 is 0 Å². The molecule has 3 aromatic rings. The Balaban J connectivity index is 1.23. The minimum Gasteiger partial charge on any atom is -0.367 e. The van der Waals surface area contributed by atoms with Crippen molar-refractivity contribution < 1.29 is 13.5 Å². The van der Waals surface area contributed by atoms with Gasteiger partial charge >= 0.3 is 0 Å². The van der Waals surface area contributed by atoms with Crippen LogP contribution in [-0.2, 0) is 11.2 Å². The van der Waals surface area contributed by atoms with Crippen LogP contribution in [0.5, 0.6) is 0 Å². The van der Waals surface area contributed by atoms with Crippen LogP contribution in [0.3, 0.4) is 0 Å². The van der Waals surface area contributed by atoms with E-state index in [9.17, 15) is 8.78 Å². The molecule has 0 aliphatic carbocycles. The second-order valence-corrected chi connectivity index (χ2v) is 9.44. The lowest BCUT2D eigenvalue weighted by Crippen LogP contribution is -2.45. The number of halogens is 2. The van der Waals surface area contributed by atoms with E-state index in [1.165, 1.54) is 43.4 Å². The van der Waals surface area contributed by atoms with Gasteiger partial charge in [-0.25, -0.2) is 8.78 Å². The molecule has 2 nitrogen and oxygen atoms in total. The first-order chi connectivity index (χ1) is 16.2. The highest BCUT2D eigenvalue weighted by Crippen LogP contribution is 2.40. The van der Waals surface area contributed by atoms with E-state index in [1.807, 2.05) is 0 Å². The highest BCUT2D eigenvalue weighted by molar-refractivity contribution is 5.32. The Labute approximate surface area is 195 Å². The minimum absolute atomic E-state index is 0.368. The molecule has 1 unspecified atom stereocenters. The highest BCUT2D eigenvalue weighted by Gasteiger charge is 2.40. The zero-order valence-corrected chi connectivity index (χ0v) is 18.9. The summed E-state index contributed by atoms with van der Waals surface area (Å²) in [4.78, 5) is 2.58. The standard InChI is InChI=1S/C29H31F2NO/c30-27-12-6-4-10-25(27)29(26-11-5-7-13-28(26)31)33-17-16-32-23-14-15-24(32)20-22(19-23)18-21-8-2-1-3-9-21/h1-13,22-24,29H,14-20H2/t22?,23-,24+. The fourth-order valence-corrected chi connectivity index (χ4v) is 5.86. The Kier molecular flexibility index (Phi) is 6.84. The minimum atomic E-state index is -0.749. The van der Waals surface area contributed by atoms with Crippen molar-refractivity contribution in [3.8, 4) is 0 Å². The molecule has 2 aliphatic rings. The Morgan fingerprint density at radius 3 is 1.88 bits per heavy atom. The first-order valence-electron chi connectivity index (χ1n) is 12.1. The number of hydrogen-bond donors (Lipinski definition) is 0. The number of piperidine rings is 1. The second-order valence-electron chi connectivity index (χ2n) is 9.44. The summed E-state index contributed by atoms with van der Waals surface area (Å²) in [6.45, 7) is 1.25. The number of hydrogen-bond acceptors (Lipinski definition) is 2. The first-order valence-corrected chi connectivity index (χ1v) is 12.1. The van der Waals surface area contributed by atoms with Crippen molar-refractivity contribution in [3.63, 3.8) is 0 Å². The largest absolute Gasteiger partial charge is 0.367 e. The van der Waals surface area contributed by atoms with E-state index in [2.05, 4.69) is 35.2 Å². The molecule has 0 saturated carbocycles. The molecule has 0 N–H and O–H groups in total. The molecule has 0 aromatic heterocycles. The summed E-state index contributed by atoms with van der Waals surface area (Å²) in [5, 5.41) is 0. The number of nitrogens with zero attached hydrogens (tertiary/aromatic N) is 1. The highest BCUT2D eigenvalue weighted by atomic mass is 19.1. The number of fused-ring (bicyclic) bond motifs is 2. The molecule has 5 rings (SSSR count). The summed E-state index contributed by atoms with van der Waals surface area (Å²) in [5.41, 5.74) is 2.19. The first kappa shape index (κ1) is 22.2. The molecule has 0 radical (unpaired) electrons. The predicted octanol–water partition coefficient (Wildman–Crippen LogP) is 6.56. The fourth-order valence-electron chi connectivity index (χ4n) is 5.86. The van der Waals surface area contributed by atoms with E-state index in [1.54, 1.807) is 36.4 Å². The Morgan fingerprint density at radius 2 is 1.30 bits per heavy atom. The van der Waals surface area contributed by atoms with Gasteiger partial charge in [0.25, 0.3) is 0 Å². The summed E-state index contributed by atoms with van der Waals surface area (Å²) >= 11 is 0. The predicted molar refractivity (Wildman–Crippen MR) is 127 cm³/mol. The van der Waals surface area contributed by atoms with E-state index in [0.717, 1.165) is 18.9 Å². The van der Waals surface area contributed by atoms with Crippen LogP contribution in [0.2, 0.25) is 0 Å². The third kappa shape index (κ3) is 5.02. The van der Waals surface area contributed by atoms with E-state index in [4.69, 9.17) is 4.74 Å². The smallest absolute Gasteiger partial charge is 0.129 e. The van der Waals surface area contributed by atoms with Crippen LogP contribution in [0.1, 0.15) is 48.5 Å². The molecular weight excluding hydrogens is 416 g/mol. The zero-order chi connectivity index (χ0) is 22.6. The van der Waals surface area contributed by atoms with Gasteiger partial charge in [0.1, 0.15) is 17.7 Å². The second kappa shape index (κ2) is 10.1. The monoisotopic (exact) mass is 447 g/mol. The van der Waals surface area contributed by atoms with Crippen LogP contribution in [0.15, 0.2) is 78.9 Å². The maximum Gasteiger partial charge on any atom is 0.129 e. The van der Waals surface area contributed by atoms with Crippen molar-refractivity contribution in [2.24, 2.45) is 5.92 Å². The fraction of sp³-hybridized carbons (Fsp3) is 0.379. The van der Waals surface area contributed by atoms with Gasteiger partial charge in [0.05, 0.1) is 6.61 Å². The van der Waals surface area contributed by atoms with Crippen LogP contribution in [0.25, 0.3) is 0 Å². The molecule has 2 aliphatic heterocycles. The lowest BCUT2D eigenvalue weighted by Gasteiger charge is -2.39. The molecule has 4 heteroatoms. The Bertz CT molecular complexity index is 997. The molecule has 2 fully saturated rings. The molecule has 2 heterocycles. The third-order valence-electron chi connectivity index (χ3n) is 7.36. The van der Waals surface area contributed by atoms with Crippen LogP contribution in [-0.4, -0.2) is 30.1 Å². The molecule has 3 atom stereocenters. The van der Waals surface area contributed by atoms with Crippen LogP contribution in [0.4, 0.5) is 8.78 Å². The molecule has 0 spiro atoms. The van der Waals surface area contributed by atoms with Gasteiger partial charge in [0.15, 0.2) is 0 Å². The van der Waals surface area contributed by atoms with Gasteiger partial charge in [-0.15, -0.1) is 0 Å². The topological polar surface area (TPSA) is 12.5 Å². The van der Waals surface area contributed by atoms with Crippen molar-refractivity contribution in [2.75, 3.05) is 13.2 Å². The quantitative estimate of drug-likeness (QED) is 0.388. The van der Waals surface area contributed by atoms with E-state index < -0.39 is 6.10 Å². The molecular formula is C29H31F2NO. The van der Waals surface area contributed by atoms with Gasteiger partial charge in [0, 0.05) is 29.8 Å². The van der Waals surface area contributed by atoms with Gasteiger partial charge < -0.3 is 4.74 Å². The van der Waals surface area contributed by atoms with Gasteiger partial charge in [-0.3, -0.25) is 4.90 Å². The van der Waals surface area contributed by atoms with E-state index >= 15 is 0 Å². The van der Waals surface area contributed by atoms with Crippen molar-refractivity contribution in [1.82, 2.24) is 4.90 Å². The Hall–Kier alpha value is -2.56. The van der Waals surface area contributed by atoms with Crippen molar-refractivity contribution in [3.05, 3.63) is 107 Å². The maximum atomic E-state index is 14.6. The number of ether oxygens (including phenoxy) is 1. The lowest BCUT2D eigenvalue weighted by atomic mass is 9.86. The molecule has 2 bridgehead atoms. The van der Waals surface area contributed by atoms with Gasteiger partial charge in [-0.2, -0.15) is 0 Å². The third-order valence-corrected chi connectivity index (χ3v) is 7.36. The summed E-state index contributed by atoms with van der Waals surface area (Å²) in [6, 6.07) is 25.0. The van der Waals surface area contributed by atoms with E-state index in [-0.39, 0.29) is 11.6 Å². The summed E-state index contributed by atoms with van der Waals surface area (Å²) in [5.74, 6) is -0.00764. The average molecular weight is 448 g/mol. The molecule has 172 valence electrons. The normalized spacial score (nSPS) is 22.7. The Morgan fingerprint density at radius 1 is 0.758 bits per heavy atom. The average Bonchev–Trinajstić information content (AvgIpc) is 3.06. The van der Waals surface area contributed by atoms with Gasteiger partial charge in [-0.05, 0) is 55.7 Å². The lowest BCUT2D eigenvalue weighted by molar-refractivity contribution is 0.0262. The SMILES string of the molecule is Fc1ccccc1C(OCCN1[C@@H]2CC[C@H]1CC(Cc1ccccc1)C2)c1ccccc1F. The van der Waals surface area contributed by atoms with Crippen molar-refractivity contribution in [2.45, 2.75) is 50.3 Å². The molecule has 0 amide bonds. The van der Waals surface area contributed by atoms with Crippen LogP contribution >= 0.6 is 0 Å². The number of benzene rings is 3. The molecule has 2 saturated heterocycles. The van der Waals surface area contributed by atoms with Gasteiger partial charge in [0.2, 0.25) is 0 Å². The number of rotatable bonds is 8.